The van der Waals surface area contributed by atoms with Crippen molar-refractivity contribution in [1.29, 1.82) is 0 Å². The fourth-order valence-electron chi connectivity index (χ4n) is 3.28. The Balaban J connectivity index is 2.50. The summed E-state index contributed by atoms with van der Waals surface area (Å²) in [6, 6.07) is 21.2. The minimum absolute atomic E-state index is 0.0409. The number of azide groups is 1. The molecule has 4 nitrogen and oxygen atoms in total. The van der Waals surface area contributed by atoms with Crippen molar-refractivity contribution in [2.45, 2.75) is 32.7 Å². The summed E-state index contributed by atoms with van der Waals surface area (Å²) >= 11 is 0. The third-order valence-electron chi connectivity index (χ3n) is 4.52. The van der Waals surface area contributed by atoms with Crippen LogP contribution in [0.4, 0.5) is 0 Å². The van der Waals surface area contributed by atoms with E-state index >= 15 is 0 Å². The van der Waals surface area contributed by atoms with Gasteiger partial charge in [0.2, 0.25) is 0 Å². The van der Waals surface area contributed by atoms with E-state index in [1.165, 1.54) is 10.4 Å². The zero-order valence-electron chi connectivity index (χ0n) is 16.0. The van der Waals surface area contributed by atoms with Gasteiger partial charge in [0, 0.05) is 11.5 Å². The molecule has 2 rings (SSSR count). The fraction of sp³-hybridized carbons (Fsp3) is 0.333. The van der Waals surface area contributed by atoms with Crippen LogP contribution >= 0.6 is 0 Å². The maximum Gasteiger partial charge on any atom is 0.261 e. The van der Waals surface area contributed by atoms with Crippen molar-refractivity contribution < 1.29 is 4.43 Å². The lowest BCUT2D eigenvalue weighted by Gasteiger charge is -2.43. The Labute approximate surface area is 157 Å². The Morgan fingerprint density at radius 1 is 1.04 bits per heavy atom. The average Bonchev–Trinajstić information content (AvgIpc) is 2.63. The molecule has 0 aliphatic rings. The molecule has 2 aromatic carbocycles. The number of rotatable bonds is 7. The fourth-order valence-corrected chi connectivity index (χ4v) is 7.88. The first-order valence-corrected chi connectivity index (χ1v) is 10.7. The number of hydrogen-bond acceptors (Lipinski definition) is 2. The van der Waals surface area contributed by atoms with Crippen molar-refractivity contribution in [2.75, 3.05) is 13.2 Å². The third-order valence-corrected chi connectivity index (χ3v) is 9.50. The second-order valence-electron chi connectivity index (χ2n) is 7.42. The van der Waals surface area contributed by atoms with E-state index in [4.69, 9.17) is 9.96 Å². The zero-order valence-corrected chi connectivity index (χ0v) is 17.0. The maximum atomic E-state index is 8.45. The Morgan fingerprint density at radius 3 is 1.96 bits per heavy atom. The maximum absolute atomic E-state index is 8.45. The predicted octanol–water partition coefficient (Wildman–Crippen LogP) is 4.82. The van der Waals surface area contributed by atoms with Gasteiger partial charge in [-0.15, -0.1) is 0 Å². The van der Waals surface area contributed by atoms with Crippen molar-refractivity contribution in [3.63, 3.8) is 0 Å². The molecular formula is C21H27N3OSi. The zero-order chi connectivity index (χ0) is 19.0. The van der Waals surface area contributed by atoms with Crippen LogP contribution in [0.25, 0.3) is 10.4 Å². The second-order valence-corrected chi connectivity index (χ2v) is 11.7. The lowest BCUT2D eigenvalue weighted by Crippen LogP contribution is -2.66. The SMILES string of the molecule is C/C(=C\CN=[N+]=[N-])CO[Si](c1ccccc1)(c1ccccc1)C(C)(C)C. The number of nitrogens with zero attached hydrogens (tertiary/aromatic N) is 3. The summed E-state index contributed by atoms with van der Waals surface area (Å²) < 4.78 is 6.79. The molecule has 0 bridgehead atoms. The molecule has 0 N–H and O–H groups in total. The average molecular weight is 366 g/mol. The van der Waals surface area contributed by atoms with Crippen molar-refractivity contribution in [2.24, 2.45) is 5.11 Å². The van der Waals surface area contributed by atoms with Gasteiger partial charge >= 0.3 is 0 Å². The van der Waals surface area contributed by atoms with E-state index in [0.717, 1.165) is 5.57 Å². The molecule has 0 aliphatic heterocycles. The quantitative estimate of drug-likeness (QED) is 0.228. The van der Waals surface area contributed by atoms with Gasteiger partial charge in [-0.05, 0) is 27.9 Å². The van der Waals surface area contributed by atoms with E-state index in [2.05, 4.69) is 79.3 Å². The molecule has 0 radical (unpaired) electrons. The minimum atomic E-state index is -2.50. The molecule has 0 heterocycles. The van der Waals surface area contributed by atoms with Crippen LogP contribution in [0, 0.1) is 0 Å². The van der Waals surface area contributed by atoms with E-state index in [0.29, 0.717) is 13.2 Å². The lowest BCUT2D eigenvalue weighted by molar-refractivity contribution is 0.329. The van der Waals surface area contributed by atoms with Gasteiger partial charge in [0.05, 0.1) is 6.61 Å². The highest BCUT2D eigenvalue weighted by Gasteiger charge is 2.50. The highest BCUT2D eigenvalue weighted by molar-refractivity contribution is 6.99. The molecule has 26 heavy (non-hydrogen) atoms. The first-order chi connectivity index (χ1) is 12.4. The van der Waals surface area contributed by atoms with Crippen LogP contribution in [-0.4, -0.2) is 21.5 Å². The van der Waals surface area contributed by atoms with Gasteiger partial charge in [0.25, 0.3) is 8.32 Å². The van der Waals surface area contributed by atoms with Crippen molar-refractivity contribution in [3.05, 3.63) is 82.8 Å². The summed E-state index contributed by atoms with van der Waals surface area (Å²) in [7, 11) is -2.50. The van der Waals surface area contributed by atoms with Crippen LogP contribution in [0.15, 0.2) is 77.4 Å². The van der Waals surface area contributed by atoms with Crippen molar-refractivity contribution >= 4 is 18.7 Å². The van der Waals surface area contributed by atoms with Gasteiger partial charge in [-0.2, -0.15) is 0 Å². The molecule has 0 aromatic heterocycles. The first-order valence-electron chi connectivity index (χ1n) is 8.83. The normalized spacial score (nSPS) is 12.5. The summed E-state index contributed by atoms with van der Waals surface area (Å²) in [5.41, 5.74) is 9.52. The van der Waals surface area contributed by atoms with Crippen LogP contribution in [0.3, 0.4) is 0 Å². The van der Waals surface area contributed by atoms with E-state index in [-0.39, 0.29) is 5.04 Å². The summed E-state index contributed by atoms with van der Waals surface area (Å²) in [6.45, 7) is 9.68. The Morgan fingerprint density at radius 2 is 1.54 bits per heavy atom. The molecule has 0 fully saturated rings. The molecule has 136 valence electrons. The van der Waals surface area contributed by atoms with E-state index < -0.39 is 8.32 Å². The molecule has 0 unspecified atom stereocenters. The summed E-state index contributed by atoms with van der Waals surface area (Å²) in [5.74, 6) is 0. The standard InChI is InChI=1S/C21H27N3OSi/c1-18(15-16-23-24-22)17-25-26(21(2,3)4,19-11-7-5-8-12-19)20-13-9-6-10-14-20/h5-15H,16-17H2,1-4H3/b18-15+. The molecule has 0 amide bonds. The third kappa shape index (κ3) is 4.44. The topological polar surface area (TPSA) is 58.0 Å². The van der Waals surface area contributed by atoms with Crippen LogP contribution in [0.5, 0.6) is 0 Å². The number of hydrogen-bond donors (Lipinski definition) is 0. The van der Waals surface area contributed by atoms with Gasteiger partial charge in [-0.25, -0.2) is 0 Å². The molecule has 0 aliphatic carbocycles. The lowest BCUT2D eigenvalue weighted by atomic mass is 10.2. The van der Waals surface area contributed by atoms with Gasteiger partial charge in [-0.3, -0.25) is 0 Å². The van der Waals surface area contributed by atoms with Gasteiger partial charge in [0.15, 0.2) is 0 Å². The molecule has 5 heteroatoms. The molecule has 0 saturated heterocycles. The Kier molecular flexibility index (Phi) is 6.81. The Hall–Kier alpha value is -2.33. The van der Waals surface area contributed by atoms with Crippen LogP contribution in [-0.2, 0) is 4.43 Å². The van der Waals surface area contributed by atoms with Crippen molar-refractivity contribution in [1.82, 2.24) is 0 Å². The molecule has 0 saturated carbocycles. The van der Waals surface area contributed by atoms with Gasteiger partial charge < -0.3 is 4.43 Å². The van der Waals surface area contributed by atoms with E-state index in [1.54, 1.807) is 0 Å². The van der Waals surface area contributed by atoms with Crippen molar-refractivity contribution in [3.8, 4) is 0 Å². The van der Waals surface area contributed by atoms with E-state index in [1.807, 2.05) is 25.1 Å². The van der Waals surface area contributed by atoms with Crippen LogP contribution in [0.1, 0.15) is 27.7 Å². The summed E-state index contributed by atoms with van der Waals surface area (Å²) in [4.78, 5) is 2.80. The minimum Gasteiger partial charge on any atom is -0.403 e. The monoisotopic (exact) mass is 365 g/mol. The van der Waals surface area contributed by atoms with Crippen LogP contribution < -0.4 is 10.4 Å². The smallest absolute Gasteiger partial charge is 0.261 e. The Bertz CT molecular complexity index is 736. The predicted molar refractivity (Wildman–Crippen MR) is 111 cm³/mol. The van der Waals surface area contributed by atoms with Crippen LogP contribution in [0.2, 0.25) is 5.04 Å². The molecular weight excluding hydrogens is 338 g/mol. The highest BCUT2D eigenvalue weighted by Crippen LogP contribution is 2.36. The van der Waals surface area contributed by atoms with Gasteiger partial charge in [0.1, 0.15) is 0 Å². The summed E-state index contributed by atoms with van der Waals surface area (Å²) in [5, 5.41) is 6.07. The van der Waals surface area contributed by atoms with E-state index in [9.17, 15) is 0 Å². The number of benzene rings is 2. The largest absolute Gasteiger partial charge is 0.403 e. The molecule has 0 atom stereocenters. The highest BCUT2D eigenvalue weighted by atomic mass is 28.4. The van der Waals surface area contributed by atoms with Gasteiger partial charge in [-0.1, -0.05) is 98.2 Å². The molecule has 2 aromatic rings. The first kappa shape index (κ1) is 20.0. The second kappa shape index (κ2) is 8.85. The molecule has 0 spiro atoms. The summed E-state index contributed by atoms with van der Waals surface area (Å²) in [6.07, 6.45) is 1.93.